The topological polar surface area (TPSA) is 61.8 Å². The summed E-state index contributed by atoms with van der Waals surface area (Å²) >= 11 is 0. The zero-order chi connectivity index (χ0) is 8.81. The standard InChI is InChI=1S/C7H14N2O3.ClH/c10-7(11)8-1-2-9-3-5-12-6-4-9;/h8H,1-6H2,(H,10,11);1H. The lowest BCUT2D eigenvalue weighted by molar-refractivity contribution is 0.0385. The minimum atomic E-state index is -0.955. The van der Waals surface area contributed by atoms with Gasteiger partial charge in [0.15, 0.2) is 0 Å². The third kappa shape index (κ3) is 5.68. The van der Waals surface area contributed by atoms with Crippen molar-refractivity contribution in [1.82, 2.24) is 10.2 Å². The first-order chi connectivity index (χ1) is 5.79. The molecule has 1 heterocycles. The lowest BCUT2D eigenvalue weighted by Crippen LogP contribution is -2.41. The van der Waals surface area contributed by atoms with E-state index in [1.807, 2.05) is 0 Å². The summed E-state index contributed by atoms with van der Waals surface area (Å²) in [6.45, 7) is 4.59. The largest absolute Gasteiger partial charge is 0.465 e. The number of hydrogen-bond donors (Lipinski definition) is 2. The molecule has 0 aromatic carbocycles. The number of carboxylic acid groups (broad SMARTS) is 1. The van der Waals surface area contributed by atoms with E-state index in [0.717, 1.165) is 32.8 Å². The first-order valence-corrected chi connectivity index (χ1v) is 4.06. The lowest BCUT2D eigenvalue weighted by atomic mass is 10.4. The van der Waals surface area contributed by atoms with Gasteiger partial charge in [-0.3, -0.25) is 4.90 Å². The van der Waals surface area contributed by atoms with Crippen LogP contribution in [-0.2, 0) is 4.74 Å². The molecule has 0 atom stereocenters. The van der Waals surface area contributed by atoms with Crippen LogP contribution in [-0.4, -0.2) is 55.5 Å². The molecule has 0 saturated carbocycles. The van der Waals surface area contributed by atoms with Gasteiger partial charge < -0.3 is 15.2 Å². The normalized spacial score (nSPS) is 17.5. The first-order valence-electron chi connectivity index (χ1n) is 4.06. The summed E-state index contributed by atoms with van der Waals surface area (Å²) in [7, 11) is 0. The molecule has 1 saturated heterocycles. The smallest absolute Gasteiger partial charge is 0.404 e. The van der Waals surface area contributed by atoms with Crippen LogP contribution in [0.3, 0.4) is 0 Å². The molecule has 1 aliphatic rings. The second-order valence-electron chi connectivity index (χ2n) is 2.69. The van der Waals surface area contributed by atoms with Crippen LogP contribution in [0.5, 0.6) is 0 Å². The van der Waals surface area contributed by atoms with Crippen LogP contribution in [0.25, 0.3) is 0 Å². The third-order valence-electron chi connectivity index (χ3n) is 1.81. The van der Waals surface area contributed by atoms with E-state index in [9.17, 15) is 4.79 Å². The third-order valence-corrected chi connectivity index (χ3v) is 1.81. The molecule has 0 aromatic heterocycles. The molecule has 1 amide bonds. The number of nitrogens with zero attached hydrogens (tertiary/aromatic N) is 1. The van der Waals surface area contributed by atoms with Crippen molar-refractivity contribution in [2.75, 3.05) is 39.4 Å². The number of ether oxygens (including phenoxy) is 1. The van der Waals surface area contributed by atoms with Gasteiger partial charge in [0.05, 0.1) is 13.2 Å². The molecule has 1 aliphatic heterocycles. The fraction of sp³-hybridized carbons (Fsp3) is 0.857. The van der Waals surface area contributed by atoms with Crippen LogP contribution >= 0.6 is 12.4 Å². The molecular weight excluding hydrogens is 196 g/mol. The number of hydrogen-bond acceptors (Lipinski definition) is 3. The molecule has 6 heteroatoms. The summed E-state index contributed by atoms with van der Waals surface area (Å²) in [6, 6.07) is 0. The molecule has 2 N–H and O–H groups in total. The van der Waals surface area contributed by atoms with Crippen LogP contribution in [0, 0.1) is 0 Å². The van der Waals surface area contributed by atoms with E-state index in [4.69, 9.17) is 9.84 Å². The van der Waals surface area contributed by atoms with Gasteiger partial charge in [0, 0.05) is 26.2 Å². The van der Waals surface area contributed by atoms with Crippen LogP contribution < -0.4 is 5.32 Å². The maximum atomic E-state index is 10.1. The highest BCUT2D eigenvalue weighted by Gasteiger charge is 2.09. The van der Waals surface area contributed by atoms with E-state index in [0.29, 0.717) is 6.54 Å². The van der Waals surface area contributed by atoms with Crippen molar-refractivity contribution in [2.45, 2.75) is 0 Å². The van der Waals surface area contributed by atoms with E-state index in [1.165, 1.54) is 0 Å². The monoisotopic (exact) mass is 210 g/mol. The molecule has 0 radical (unpaired) electrons. The van der Waals surface area contributed by atoms with E-state index < -0.39 is 6.09 Å². The lowest BCUT2D eigenvalue weighted by Gasteiger charge is -2.26. The van der Waals surface area contributed by atoms with Crippen molar-refractivity contribution in [3.8, 4) is 0 Å². The minimum Gasteiger partial charge on any atom is -0.465 e. The summed E-state index contributed by atoms with van der Waals surface area (Å²) in [5.41, 5.74) is 0. The number of amides is 1. The van der Waals surface area contributed by atoms with Gasteiger partial charge in [-0.15, -0.1) is 12.4 Å². The summed E-state index contributed by atoms with van der Waals surface area (Å²) in [5, 5.41) is 10.6. The second-order valence-corrected chi connectivity index (χ2v) is 2.69. The summed E-state index contributed by atoms with van der Waals surface area (Å²) in [5.74, 6) is 0. The fourth-order valence-electron chi connectivity index (χ4n) is 1.15. The Hall–Kier alpha value is -0.520. The van der Waals surface area contributed by atoms with Gasteiger partial charge >= 0.3 is 6.09 Å². The highest BCUT2D eigenvalue weighted by molar-refractivity contribution is 5.85. The number of carbonyl (C=O) groups is 1. The van der Waals surface area contributed by atoms with Crippen molar-refractivity contribution < 1.29 is 14.6 Å². The van der Waals surface area contributed by atoms with Gasteiger partial charge in [0.1, 0.15) is 0 Å². The van der Waals surface area contributed by atoms with Gasteiger partial charge in [-0.25, -0.2) is 4.79 Å². The minimum absolute atomic E-state index is 0. The number of nitrogens with one attached hydrogen (secondary N) is 1. The maximum absolute atomic E-state index is 10.1. The fourth-order valence-corrected chi connectivity index (χ4v) is 1.15. The molecule has 1 rings (SSSR count). The highest BCUT2D eigenvalue weighted by atomic mass is 35.5. The molecule has 1 fully saturated rings. The van der Waals surface area contributed by atoms with E-state index in [-0.39, 0.29) is 12.4 Å². The van der Waals surface area contributed by atoms with Gasteiger partial charge in [-0.2, -0.15) is 0 Å². The Morgan fingerprint density at radius 1 is 1.46 bits per heavy atom. The summed E-state index contributed by atoms with van der Waals surface area (Å²) in [6.07, 6.45) is -0.955. The number of halogens is 1. The number of morpholine rings is 1. The molecule has 5 nitrogen and oxygen atoms in total. The Kier molecular flexibility index (Phi) is 6.66. The van der Waals surface area contributed by atoms with Crippen molar-refractivity contribution in [2.24, 2.45) is 0 Å². The second kappa shape index (κ2) is 6.94. The Morgan fingerprint density at radius 3 is 2.62 bits per heavy atom. The predicted octanol–water partition coefficient (Wildman–Crippen LogP) is 0.00800. The Labute approximate surface area is 83.5 Å². The zero-order valence-electron chi connectivity index (χ0n) is 7.36. The molecular formula is C7H15ClN2O3. The van der Waals surface area contributed by atoms with Crippen LogP contribution in [0.2, 0.25) is 0 Å². The van der Waals surface area contributed by atoms with E-state index in [1.54, 1.807) is 0 Å². The average molecular weight is 211 g/mol. The Balaban J connectivity index is 0.00000144. The molecule has 0 spiro atoms. The molecule has 0 aromatic rings. The van der Waals surface area contributed by atoms with Gasteiger partial charge in [0.2, 0.25) is 0 Å². The van der Waals surface area contributed by atoms with E-state index >= 15 is 0 Å². The zero-order valence-corrected chi connectivity index (χ0v) is 8.18. The summed E-state index contributed by atoms with van der Waals surface area (Å²) in [4.78, 5) is 12.3. The summed E-state index contributed by atoms with van der Waals surface area (Å²) < 4.78 is 5.15. The average Bonchev–Trinajstić information content (AvgIpc) is 2.05. The quantitative estimate of drug-likeness (QED) is 0.689. The van der Waals surface area contributed by atoms with Crippen molar-refractivity contribution in [3.05, 3.63) is 0 Å². The van der Waals surface area contributed by atoms with Crippen molar-refractivity contribution in [1.29, 1.82) is 0 Å². The van der Waals surface area contributed by atoms with Crippen LogP contribution in [0.4, 0.5) is 4.79 Å². The van der Waals surface area contributed by atoms with E-state index in [2.05, 4.69) is 10.2 Å². The first kappa shape index (κ1) is 12.5. The number of rotatable bonds is 3. The Morgan fingerprint density at radius 2 is 2.08 bits per heavy atom. The van der Waals surface area contributed by atoms with Crippen LogP contribution in [0.1, 0.15) is 0 Å². The molecule has 0 bridgehead atoms. The van der Waals surface area contributed by atoms with Crippen molar-refractivity contribution >= 4 is 18.5 Å². The van der Waals surface area contributed by atoms with Gasteiger partial charge in [0.25, 0.3) is 0 Å². The van der Waals surface area contributed by atoms with Crippen molar-refractivity contribution in [3.63, 3.8) is 0 Å². The molecule has 0 unspecified atom stereocenters. The maximum Gasteiger partial charge on any atom is 0.404 e. The van der Waals surface area contributed by atoms with Crippen LogP contribution in [0.15, 0.2) is 0 Å². The van der Waals surface area contributed by atoms with Gasteiger partial charge in [-0.1, -0.05) is 0 Å². The van der Waals surface area contributed by atoms with Gasteiger partial charge in [-0.05, 0) is 0 Å². The SMILES string of the molecule is Cl.O=C(O)NCCN1CCOCC1. The molecule has 0 aliphatic carbocycles. The predicted molar refractivity (Wildman–Crippen MR) is 50.5 cm³/mol. The molecule has 13 heavy (non-hydrogen) atoms. The Bertz CT molecular complexity index is 151. The molecule has 78 valence electrons. The highest BCUT2D eigenvalue weighted by Crippen LogP contribution is 1.94.